The molecule has 2 nitrogen and oxygen atoms in total. The van der Waals surface area contributed by atoms with Crippen molar-refractivity contribution < 1.29 is 9.90 Å². The van der Waals surface area contributed by atoms with Gasteiger partial charge in [0.2, 0.25) is 0 Å². The molecule has 0 amide bonds. The van der Waals surface area contributed by atoms with E-state index in [4.69, 9.17) is 5.11 Å². The lowest BCUT2D eigenvalue weighted by molar-refractivity contribution is -0.140. The molecule has 0 spiro atoms. The van der Waals surface area contributed by atoms with E-state index in [1.54, 1.807) is 0 Å². The number of benzene rings is 1. The summed E-state index contributed by atoms with van der Waals surface area (Å²) in [5.74, 6) is -0.305. The molecular formula is C15H22O2. The molecule has 1 aromatic carbocycles. The molecule has 1 rings (SSSR count). The smallest absolute Gasteiger partial charge is 0.303 e. The van der Waals surface area contributed by atoms with Crippen molar-refractivity contribution in [2.24, 2.45) is 11.3 Å². The Morgan fingerprint density at radius 3 is 2.41 bits per heavy atom. The van der Waals surface area contributed by atoms with E-state index >= 15 is 0 Å². The van der Waals surface area contributed by atoms with Gasteiger partial charge in [-0.3, -0.25) is 4.79 Å². The molecule has 1 unspecified atom stereocenters. The average molecular weight is 234 g/mol. The van der Waals surface area contributed by atoms with Gasteiger partial charge in [0.05, 0.1) is 6.42 Å². The second kappa shape index (κ2) is 5.85. The highest BCUT2D eigenvalue weighted by molar-refractivity contribution is 5.67. The minimum absolute atomic E-state index is 0.138. The van der Waals surface area contributed by atoms with E-state index in [0.717, 1.165) is 12.8 Å². The Labute approximate surface area is 104 Å². The molecule has 0 aliphatic rings. The molecule has 1 atom stereocenters. The molecule has 2 heteroatoms. The number of rotatable bonds is 6. The molecule has 1 aromatic rings. The Hall–Kier alpha value is -1.31. The van der Waals surface area contributed by atoms with Crippen LogP contribution in [0.25, 0.3) is 0 Å². The van der Waals surface area contributed by atoms with Gasteiger partial charge < -0.3 is 5.11 Å². The zero-order chi connectivity index (χ0) is 12.9. The predicted octanol–water partition coefficient (Wildman–Crippen LogP) is 3.76. The molecule has 0 bridgehead atoms. The van der Waals surface area contributed by atoms with Gasteiger partial charge in [-0.05, 0) is 29.7 Å². The van der Waals surface area contributed by atoms with Crippen LogP contribution in [-0.2, 0) is 11.2 Å². The van der Waals surface area contributed by atoms with Gasteiger partial charge in [-0.25, -0.2) is 0 Å². The van der Waals surface area contributed by atoms with Crippen molar-refractivity contribution in [2.45, 2.75) is 40.0 Å². The number of hydrogen-bond acceptors (Lipinski definition) is 1. The van der Waals surface area contributed by atoms with Crippen molar-refractivity contribution in [3.63, 3.8) is 0 Å². The van der Waals surface area contributed by atoms with Gasteiger partial charge in [0.1, 0.15) is 0 Å². The van der Waals surface area contributed by atoms with Gasteiger partial charge in [-0.2, -0.15) is 0 Å². The van der Waals surface area contributed by atoms with E-state index in [1.165, 1.54) is 5.56 Å². The van der Waals surface area contributed by atoms with E-state index in [1.807, 2.05) is 32.0 Å². The maximum Gasteiger partial charge on any atom is 0.303 e. The lowest BCUT2D eigenvalue weighted by Gasteiger charge is -2.30. The predicted molar refractivity (Wildman–Crippen MR) is 70.0 cm³/mol. The van der Waals surface area contributed by atoms with Gasteiger partial charge in [0.15, 0.2) is 0 Å². The molecule has 0 heterocycles. The topological polar surface area (TPSA) is 37.3 Å². The van der Waals surface area contributed by atoms with Crippen molar-refractivity contribution in [3.8, 4) is 0 Å². The van der Waals surface area contributed by atoms with E-state index < -0.39 is 5.97 Å². The number of aryl methyl sites for hydroxylation is 1. The van der Waals surface area contributed by atoms with Crippen LogP contribution < -0.4 is 0 Å². The van der Waals surface area contributed by atoms with Crippen LogP contribution in [0.1, 0.15) is 39.2 Å². The third-order valence-corrected chi connectivity index (χ3v) is 3.65. The number of carboxylic acid groups (broad SMARTS) is 1. The molecule has 1 N–H and O–H groups in total. The summed E-state index contributed by atoms with van der Waals surface area (Å²) in [6, 6.07) is 10.3. The Balaban J connectivity index is 2.49. The van der Waals surface area contributed by atoms with Gasteiger partial charge in [-0.15, -0.1) is 0 Å². The summed E-state index contributed by atoms with van der Waals surface area (Å²) in [5.41, 5.74) is 1.19. The molecule has 0 radical (unpaired) electrons. The normalized spacial score (nSPS) is 13.4. The third-order valence-electron chi connectivity index (χ3n) is 3.65. The number of carbonyl (C=O) groups is 1. The largest absolute Gasteiger partial charge is 0.481 e. The van der Waals surface area contributed by atoms with Crippen LogP contribution in [-0.4, -0.2) is 11.1 Å². The summed E-state index contributed by atoms with van der Waals surface area (Å²) in [4.78, 5) is 10.8. The van der Waals surface area contributed by atoms with Crippen molar-refractivity contribution in [2.75, 3.05) is 0 Å². The summed E-state index contributed by atoms with van der Waals surface area (Å²) in [6.45, 7) is 6.22. The molecule has 0 aliphatic carbocycles. The summed E-state index contributed by atoms with van der Waals surface area (Å²) in [5, 5.41) is 8.88. The summed E-state index contributed by atoms with van der Waals surface area (Å²) in [6.07, 6.45) is 2.29. The van der Waals surface area contributed by atoms with E-state index in [2.05, 4.69) is 19.1 Å². The third kappa shape index (κ3) is 4.59. The Kier molecular flexibility index (Phi) is 4.73. The van der Waals surface area contributed by atoms with Gasteiger partial charge >= 0.3 is 5.97 Å². The molecule has 0 aromatic heterocycles. The molecular weight excluding hydrogens is 212 g/mol. The first kappa shape index (κ1) is 13.8. The molecule has 0 fully saturated rings. The second-order valence-electron chi connectivity index (χ2n) is 5.48. The lowest BCUT2D eigenvalue weighted by Crippen LogP contribution is -2.25. The SMILES string of the molecule is CC(CCc1ccccc1)C(C)(C)CC(=O)O. The fourth-order valence-corrected chi connectivity index (χ4v) is 1.98. The number of carboxylic acids is 1. The summed E-state index contributed by atoms with van der Waals surface area (Å²) < 4.78 is 0. The van der Waals surface area contributed by atoms with Crippen molar-refractivity contribution >= 4 is 5.97 Å². The maximum absolute atomic E-state index is 10.8. The van der Waals surface area contributed by atoms with E-state index in [0.29, 0.717) is 5.92 Å². The van der Waals surface area contributed by atoms with Crippen molar-refractivity contribution in [3.05, 3.63) is 35.9 Å². The first-order valence-electron chi connectivity index (χ1n) is 6.17. The fourth-order valence-electron chi connectivity index (χ4n) is 1.98. The highest BCUT2D eigenvalue weighted by atomic mass is 16.4. The van der Waals surface area contributed by atoms with Gasteiger partial charge in [0.25, 0.3) is 0 Å². The molecule has 0 saturated heterocycles. The Bertz CT molecular complexity index is 354. The van der Waals surface area contributed by atoms with Gasteiger partial charge in [-0.1, -0.05) is 51.1 Å². The molecule has 94 valence electrons. The highest BCUT2D eigenvalue weighted by Crippen LogP contribution is 2.33. The zero-order valence-corrected chi connectivity index (χ0v) is 10.9. The van der Waals surface area contributed by atoms with Crippen molar-refractivity contribution in [1.82, 2.24) is 0 Å². The average Bonchev–Trinajstić information content (AvgIpc) is 2.25. The monoisotopic (exact) mass is 234 g/mol. The first-order valence-corrected chi connectivity index (χ1v) is 6.17. The second-order valence-corrected chi connectivity index (χ2v) is 5.48. The quantitative estimate of drug-likeness (QED) is 0.813. The number of hydrogen-bond donors (Lipinski definition) is 1. The minimum atomic E-state index is -0.707. The Morgan fingerprint density at radius 1 is 1.29 bits per heavy atom. The van der Waals surface area contributed by atoms with Crippen LogP contribution in [0.5, 0.6) is 0 Å². The first-order chi connectivity index (χ1) is 7.92. The van der Waals surface area contributed by atoms with Crippen LogP contribution in [0.15, 0.2) is 30.3 Å². The maximum atomic E-state index is 10.8. The van der Waals surface area contributed by atoms with Crippen LogP contribution in [0.3, 0.4) is 0 Å². The Morgan fingerprint density at radius 2 is 1.88 bits per heavy atom. The highest BCUT2D eigenvalue weighted by Gasteiger charge is 2.28. The van der Waals surface area contributed by atoms with Crippen LogP contribution in [0.2, 0.25) is 0 Å². The lowest BCUT2D eigenvalue weighted by atomic mass is 9.75. The molecule has 0 saturated carbocycles. The minimum Gasteiger partial charge on any atom is -0.481 e. The van der Waals surface area contributed by atoms with Crippen molar-refractivity contribution in [1.29, 1.82) is 0 Å². The van der Waals surface area contributed by atoms with E-state index in [9.17, 15) is 4.79 Å². The van der Waals surface area contributed by atoms with E-state index in [-0.39, 0.29) is 11.8 Å². The molecule has 0 aliphatic heterocycles. The zero-order valence-electron chi connectivity index (χ0n) is 10.9. The van der Waals surface area contributed by atoms with Crippen LogP contribution >= 0.6 is 0 Å². The summed E-state index contributed by atoms with van der Waals surface area (Å²) >= 11 is 0. The van der Waals surface area contributed by atoms with Gasteiger partial charge in [0, 0.05) is 0 Å². The number of aliphatic carboxylic acids is 1. The van der Waals surface area contributed by atoms with Crippen LogP contribution in [0.4, 0.5) is 0 Å². The molecule has 17 heavy (non-hydrogen) atoms. The fraction of sp³-hybridized carbons (Fsp3) is 0.533. The standard InChI is InChI=1S/C15H22O2/c1-12(15(2,3)11-14(16)17)9-10-13-7-5-4-6-8-13/h4-8,12H,9-11H2,1-3H3,(H,16,17). The van der Waals surface area contributed by atoms with Crippen LogP contribution in [0, 0.1) is 11.3 Å². The summed E-state index contributed by atoms with van der Waals surface area (Å²) in [7, 11) is 0.